The highest BCUT2D eigenvalue weighted by atomic mass is 16.5. The Kier molecular flexibility index (Phi) is 5.51. The third-order valence-corrected chi connectivity index (χ3v) is 2.13. The summed E-state index contributed by atoms with van der Waals surface area (Å²) in [6.07, 6.45) is 1.23. The number of nitrogens with zero attached hydrogens (tertiary/aromatic N) is 1. The molecule has 0 aromatic rings. The Balaban J connectivity index is 3.68. The van der Waals surface area contributed by atoms with E-state index in [1.807, 2.05) is 6.92 Å². The zero-order valence-electron chi connectivity index (χ0n) is 8.39. The first-order valence-electron chi connectivity index (χ1n) is 4.59. The van der Waals surface area contributed by atoms with Crippen molar-refractivity contribution < 1.29 is 9.22 Å². The zero-order chi connectivity index (χ0) is 8.74. The van der Waals surface area contributed by atoms with Crippen LogP contribution in [0.4, 0.5) is 0 Å². The predicted molar refractivity (Wildman–Crippen MR) is 48.4 cm³/mol. The molecule has 0 bridgehead atoms. The van der Waals surface area contributed by atoms with E-state index >= 15 is 0 Å². The second kappa shape index (κ2) is 5.56. The van der Waals surface area contributed by atoms with Gasteiger partial charge >= 0.3 is 0 Å². The average Bonchev–Trinajstić information content (AvgIpc) is 2.02. The fraction of sp³-hybridized carbons (Fsp3) is 1.00. The van der Waals surface area contributed by atoms with Crippen LogP contribution < -0.4 is 0 Å². The second-order valence-electron chi connectivity index (χ2n) is 3.28. The summed E-state index contributed by atoms with van der Waals surface area (Å²) in [6.45, 7) is 10.6. The number of quaternary nitrogens is 1. The molecule has 1 unspecified atom stereocenters. The third-order valence-electron chi connectivity index (χ3n) is 2.13. The van der Waals surface area contributed by atoms with Gasteiger partial charge in [0.1, 0.15) is 0 Å². The quantitative estimate of drug-likeness (QED) is 0.425. The van der Waals surface area contributed by atoms with Crippen molar-refractivity contribution >= 4 is 0 Å². The molecule has 0 heterocycles. The van der Waals surface area contributed by atoms with Gasteiger partial charge in [0.2, 0.25) is 0 Å². The maximum Gasteiger partial charge on any atom is 0.182 e. The predicted octanol–water partition coefficient (Wildman–Crippen LogP) is 1.86. The minimum Gasteiger partial charge on any atom is -0.332 e. The first kappa shape index (κ1) is 10.9. The van der Waals surface area contributed by atoms with Gasteiger partial charge in [0.15, 0.2) is 6.73 Å². The molecule has 0 rings (SSSR count). The lowest BCUT2D eigenvalue weighted by atomic mass is 10.4. The second-order valence-corrected chi connectivity index (χ2v) is 3.28. The van der Waals surface area contributed by atoms with Crippen LogP contribution in [0, 0.1) is 0 Å². The summed E-state index contributed by atoms with van der Waals surface area (Å²) in [7, 11) is 2.25. The van der Waals surface area contributed by atoms with E-state index in [2.05, 4.69) is 20.9 Å². The van der Waals surface area contributed by atoms with E-state index in [4.69, 9.17) is 4.74 Å². The molecule has 11 heavy (non-hydrogen) atoms. The van der Waals surface area contributed by atoms with Gasteiger partial charge < -0.3 is 9.22 Å². The van der Waals surface area contributed by atoms with Crippen LogP contribution in [0.2, 0.25) is 0 Å². The molecule has 0 spiro atoms. The van der Waals surface area contributed by atoms with Gasteiger partial charge in [0.25, 0.3) is 0 Å². The van der Waals surface area contributed by atoms with Crippen LogP contribution >= 0.6 is 0 Å². The molecular weight excluding hydrogens is 138 g/mol. The van der Waals surface area contributed by atoms with Crippen molar-refractivity contribution in [2.45, 2.75) is 27.2 Å². The van der Waals surface area contributed by atoms with Crippen LogP contribution in [0.1, 0.15) is 27.2 Å². The van der Waals surface area contributed by atoms with Gasteiger partial charge in [-0.3, -0.25) is 0 Å². The molecule has 2 nitrogen and oxygen atoms in total. The van der Waals surface area contributed by atoms with Gasteiger partial charge in [0, 0.05) is 6.61 Å². The van der Waals surface area contributed by atoms with Crippen molar-refractivity contribution in [3.8, 4) is 0 Å². The van der Waals surface area contributed by atoms with Crippen molar-refractivity contribution in [1.82, 2.24) is 0 Å². The lowest BCUT2D eigenvalue weighted by Gasteiger charge is -2.32. The van der Waals surface area contributed by atoms with Crippen LogP contribution in [-0.2, 0) is 4.74 Å². The van der Waals surface area contributed by atoms with E-state index in [9.17, 15) is 0 Å². The van der Waals surface area contributed by atoms with Gasteiger partial charge in [0.05, 0.1) is 20.1 Å². The minimum absolute atomic E-state index is 0.831. The topological polar surface area (TPSA) is 9.23 Å². The Labute approximate surface area is 70.7 Å². The average molecular weight is 160 g/mol. The summed E-state index contributed by atoms with van der Waals surface area (Å²) >= 11 is 0. The Morgan fingerprint density at radius 2 is 1.82 bits per heavy atom. The molecule has 0 radical (unpaired) electrons. The number of rotatable bonds is 6. The largest absolute Gasteiger partial charge is 0.332 e. The van der Waals surface area contributed by atoms with E-state index < -0.39 is 0 Å². The van der Waals surface area contributed by atoms with Gasteiger partial charge in [-0.25, -0.2) is 0 Å². The van der Waals surface area contributed by atoms with Crippen LogP contribution in [0.25, 0.3) is 0 Å². The lowest BCUT2D eigenvalue weighted by Crippen LogP contribution is -2.46. The minimum atomic E-state index is 0.831. The Morgan fingerprint density at radius 1 is 1.18 bits per heavy atom. The molecule has 0 saturated heterocycles. The third kappa shape index (κ3) is 4.38. The molecule has 0 aromatic carbocycles. The summed E-state index contributed by atoms with van der Waals surface area (Å²) in [5.41, 5.74) is 0. The van der Waals surface area contributed by atoms with E-state index in [0.717, 1.165) is 24.4 Å². The molecule has 0 amide bonds. The standard InChI is InChI=1S/C9H22NO/c1-5-8-10(4,6-2)9-11-7-3/h5-9H2,1-4H3/q+1. The first-order valence-corrected chi connectivity index (χ1v) is 4.59. The molecule has 0 fully saturated rings. The highest BCUT2D eigenvalue weighted by molar-refractivity contribution is 4.29. The molecule has 0 aliphatic rings. The molecule has 0 N–H and O–H groups in total. The van der Waals surface area contributed by atoms with Gasteiger partial charge in [-0.15, -0.1) is 0 Å². The van der Waals surface area contributed by atoms with Crippen LogP contribution in [-0.4, -0.2) is 38.0 Å². The van der Waals surface area contributed by atoms with Crippen molar-refractivity contribution in [3.63, 3.8) is 0 Å². The molecule has 0 aliphatic carbocycles. The monoisotopic (exact) mass is 160 g/mol. The molecule has 0 aliphatic heterocycles. The molecule has 0 aromatic heterocycles. The molecular formula is C9H22NO+. The Morgan fingerprint density at radius 3 is 2.18 bits per heavy atom. The highest BCUT2D eigenvalue weighted by Gasteiger charge is 2.16. The van der Waals surface area contributed by atoms with Crippen molar-refractivity contribution in [2.75, 3.05) is 33.5 Å². The van der Waals surface area contributed by atoms with E-state index in [-0.39, 0.29) is 0 Å². The van der Waals surface area contributed by atoms with Gasteiger partial charge in [-0.1, -0.05) is 6.92 Å². The van der Waals surface area contributed by atoms with Gasteiger partial charge in [-0.2, -0.15) is 0 Å². The summed E-state index contributed by atoms with van der Waals surface area (Å²) < 4.78 is 6.46. The lowest BCUT2D eigenvalue weighted by molar-refractivity contribution is -0.926. The van der Waals surface area contributed by atoms with Crippen LogP contribution in [0.15, 0.2) is 0 Å². The van der Waals surface area contributed by atoms with Crippen molar-refractivity contribution in [3.05, 3.63) is 0 Å². The molecule has 0 saturated carbocycles. The number of hydrogen-bond donors (Lipinski definition) is 0. The molecule has 1 atom stereocenters. The maximum atomic E-state index is 5.41. The fourth-order valence-electron chi connectivity index (χ4n) is 1.17. The summed E-state index contributed by atoms with van der Waals surface area (Å²) in [6, 6.07) is 0. The Bertz CT molecular complexity index is 95.6. The smallest absolute Gasteiger partial charge is 0.182 e. The van der Waals surface area contributed by atoms with Crippen LogP contribution in [0.3, 0.4) is 0 Å². The Hall–Kier alpha value is -0.0800. The SMILES string of the molecule is CCC[N+](C)(CC)COCC. The van der Waals surface area contributed by atoms with Crippen molar-refractivity contribution in [1.29, 1.82) is 0 Å². The van der Waals surface area contributed by atoms with Crippen LogP contribution in [0.5, 0.6) is 0 Å². The van der Waals surface area contributed by atoms with E-state index in [1.54, 1.807) is 0 Å². The number of ether oxygens (including phenoxy) is 1. The summed E-state index contributed by atoms with van der Waals surface area (Å²) in [4.78, 5) is 0. The summed E-state index contributed by atoms with van der Waals surface area (Å²) in [5.74, 6) is 0. The molecule has 68 valence electrons. The number of hydrogen-bond acceptors (Lipinski definition) is 1. The van der Waals surface area contributed by atoms with Crippen molar-refractivity contribution in [2.24, 2.45) is 0 Å². The van der Waals surface area contributed by atoms with Gasteiger partial charge in [-0.05, 0) is 20.3 Å². The van der Waals surface area contributed by atoms with E-state index in [0.29, 0.717) is 0 Å². The fourth-order valence-corrected chi connectivity index (χ4v) is 1.17. The first-order chi connectivity index (χ1) is 5.18. The zero-order valence-corrected chi connectivity index (χ0v) is 8.39. The van der Waals surface area contributed by atoms with E-state index in [1.165, 1.54) is 13.0 Å². The highest BCUT2D eigenvalue weighted by Crippen LogP contribution is 2.03. The molecule has 2 heteroatoms. The summed E-state index contributed by atoms with van der Waals surface area (Å²) in [5, 5.41) is 0. The normalized spacial score (nSPS) is 16.4. The maximum absolute atomic E-state index is 5.41.